The van der Waals surface area contributed by atoms with E-state index in [9.17, 15) is 4.79 Å². The Bertz CT molecular complexity index is 146. The van der Waals surface area contributed by atoms with E-state index in [-0.39, 0.29) is 5.97 Å². The number of alkyl halides is 1. The average molecular weight is 295 g/mol. The maximum absolute atomic E-state index is 11.2. The Labute approximate surface area is 107 Å². The van der Waals surface area contributed by atoms with Gasteiger partial charge in [0.25, 0.3) is 0 Å². The first-order chi connectivity index (χ1) is 7.81. The normalized spacial score (nSPS) is 10.4. The van der Waals surface area contributed by atoms with Crippen molar-refractivity contribution in [3.63, 3.8) is 0 Å². The lowest BCUT2D eigenvalue weighted by Gasteiger charge is -2.05. The van der Waals surface area contributed by atoms with Crippen LogP contribution in [-0.4, -0.2) is 31.1 Å². The summed E-state index contributed by atoms with van der Waals surface area (Å²) < 4.78 is 10.2. The second-order valence-corrected chi connectivity index (χ2v) is 4.48. The van der Waals surface area contributed by atoms with Gasteiger partial charge in [-0.3, -0.25) is 4.79 Å². The van der Waals surface area contributed by atoms with E-state index in [1.165, 1.54) is 19.3 Å². The van der Waals surface area contributed by atoms with E-state index in [0.717, 1.165) is 18.2 Å². The summed E-state index contributed by atoms with van der Waals surface area (Å²) in [4.78, 5) is 11.2. The molecule has 0 aromatic carbocycles. The van der Waals surface area contributed by atoms with Crippen LogP contribution in [0.5, 0.6) is 0 Å². The summed E-state index contributed by atoms with van der Waals surface area (Å²) in [5.41, 5.74) is 0. The van der Waals surface area contributed by atoms with Crippen molar-refractivity contribution in [2.75, 3.05) is 25.2 Å². The van der Waals surface area contributed by atoms with Crippen LogP contribution in [0.1, 0.15) is 45.4 Å². The second-order valence-electron chi connectivity index (χ2n) is 3.69. The number of carbonyl (C=O) groups excluding carboxylic acids is 1. The monoisotopic (exact) mass is 294 g/mol. The Balaban J connectivity index is 3.12. The third-order valence-electron chi connectivity index (χ3n) is 2.20. The second kappa shape index (κ2) is 13.0. The molecule has 0 fully saturated rings. The summed E-state index contributed by atoms with van der Waals surface area (Å²) in [6, 6.07) is 0. The van der Waals surface area contributed by atoms with Gasteiger partial charge >= 0.3 is 5.97 Å². The Hall–Kier alpha value is -0.0900. The Kier molecular flexibility index (Phi) is 12.9. The van der Waals surface area contributed by atoms with E-state index in [1.807, 2.05) is 0 Å². The van der Waals surface area contributed by atoms with Crippen LogP contribution in [0, 0.1) is 0 Å². The number of ether oxygens (including phenoxy) is 2. The smallest absolute Gasteiger partial charge is 0.305 e. The van der Waals surface area contributed by atoms with Crippen LogP contribution in [-0.2, 0) is 14.3 Å². The number of esters is 1. The van der Waals surface area contributed by atoms with Gasteiger partial charge < -0.3 is 9.47 Å². The molecule has 0 radical (unpaired) electrons. The molecule has 96 valence electrons. The topological polar surface area (TPSA) is 35.5 Å². The lowest BCUT2D eigenvalue weighted by atomic mass is 10.1. The molecule has 3 nitrogen and oxygen atoms in total. The summed E-state index contributed by atoms with van der Waals surface area (Å²) in [6.07, 6.45) is 6.33. The van der Waals surface area contributed by atoms with Gasteiger partial charge in [-0.2, -0.15) is 0 Å². The van der Waals surface area contributed by atoms with Gasteiger partial charge in [0.05, 0.1) is 13.2 Å². The first-order valence-corrected chi connectivity index (χ1v) is 7.22. The zero-order valence-electron chi connectivity index (χ0n) is 10.2. The molecule has 0 aliphatic heterocycles. The molecule has 0 aliphatic carbocycles. The molecular formula is C12H23BrO3. The number of halogens is 1. The molecule has 0 aromatic rings. The predicted octanol–water partition coefficient (Wildman–Crippen LogP) is 3.30. The van der Waals surface area contributed by atoms with Gasteiger partial charge in [0.2, 0.25) is 0 Å². The summed E-state index contributed by atoms with van der Waals surface area (Å²) in [7, 11) is 0. The number of carbonyl (C=O) groups is 1. The van der Waals surface area contributed by atoms with Crippen molar-refractivity contribution in [1.29, 1.82) is 0 Å². The molecule has 0 aromatic heterocycles. The van der Waals surface area contributed by atoms with Crippen LogP contribution in [0.25, 0.3) is 0 Å². The van der Waals surface area contributed by atoms with E-state index < -0.39 is 0 Å². The van der Waals surface area contributed by atoms with Crippen molar-refractivity contribution >= 4 is 21.9 Å². The molecule has 0 rings (SSSR count). The highest BCUT2D eigenvalue weighted by Crippen LogP contribution is 2.05. The molecule has 0 atom stereocenters. The minimum Gasteiger partial charge on any atom is -0.463 e. The number of hydrogen-bond acceptors (Lipinski definition) is 3. The number of rotatable bonds is 11. The Morgan fingerprint density at radius 1 is 1.06 bits per heavy atom. The molecule has 0 heterocycles. The van der Waals surface area contributed by atoms with E-state index in [0.29, 0.717) is 26.2 Å². The molecule has 0 saturated heterocycles. The largest absolute Gasteiger partial charge is 0.463 e. The molecule has 0 amide bonds. The third-order valence-corrected chi connectivity index (χ3v) is 2.52. The summed E-state index contributed by atoms with van der Waals surface area (Å²) in [6.45, 7) is 3.71. The molecule has 0 spiro atoms. The maximum atomic E-state index is 11.2. The van der Waals surface area contributed by atoms with E-state index in [1.54, 1.807) is 0 Å². The molecular weight excluding hydrogens is 272 g/mol. The SMILES string of the molecule is CCCCCCCC(=O)OCCOCCBr. The van der Waals surface area contributed by atoms with Crippen molar-refractivity contribution < 1.29 is 14.3 Å². The zero-order valence-corrected chi connectivity index (χ0v) is 11.8. The highest BCUT2D eigenvalue weighted by atomic mass is 79.9. The van der Waals surface area contributed by atoms with Crippen molar-refractivity contribution in [1.82, 2.24) is 0 Å². The fourth-order valence-corrected chi connectivity index (χ4v) is 1.55. The van der Waals surface area contributed by atoms with Gasteiger partial charge in [-0.05, 0) is 6.42 Å². The van der Waals surface area contributed by atoms with Crippen LogP contribution in [0.4, 0.5) is 0 Å². The Morgan fingerprint density at radius 2 is 1.81 bits per heavy atom. The summed E-state index contributed by atoms with van der Waals surface area (Å²) in [5, 5.41) is 0.818. The minimum atomic E-state index is -0.0982. The fourth-order valence-electron chi connectivity index (χ4n) is 1.32. The molecule has 0 unspecified atom stereocenters. The van der Waals surface area contributed by atoms with Crippen LogP contribution >= 0.6 is 15.9 Å². The minimum absolute atomic E-state index is 0.0982. The van der Waals surface area contributed by atoms with E-state index >= 15 is 0 Å². The maximum Gasteiger partial charge on any atom is 0.305 e. The van der Waals surface area contributed by atoms with Gasteiger partial charge in [-0.25, -0.2) is 0 Å². The van der Waals surface area contributed by atoms with Crippen molar-refractivity contribution in [2.45, 2.75) is 45.4 Å². The van der Waals surface area contributed by atoms with Crippen LogP contribution in [0.15, 0.2) is 0 Å². The van der Waals surface area contributed by atoms with E-state index in [4.69, 9.17) is 9.47 Å². The first-order valence-electron chi connectivity index (χ1n) is 6.10. The summed E-state index contributed by atoms with van der Waals surface area (Å²) in [5.74, 6) is -0.0982. The highest BCUT2D eigenvalue weighted by Gasteiger charge is 2.01. The van der Waals surface area contributed by atoms with Gasteiger partial charge in [0.15, 0.2) is 0 Å². The summed E-state index contributed by atoms with van der Waals surface area (Å²) >= 11 is 3.25. The van der Waals surface area contributed by atoms with Crippen molar-refractivity contribution in [3.05, 3.63) is 0 Å². The molecule has 0 aliphatic rings. The molecule has 0 N–H and O–H groups in total. The van der Waals surface area contributed by atoms with Crippen LogP contribution in [0.3, 0.4) is 0 Å². The Morgan fingerprint density at radius 3 is 2.50 bits per heavy atom. The van der Waals surface area contributed by atoms with Gasteiger partial charge in [0, 0.05) is 11.8 Å². The zero-order chi connectivity index (χ0) is 12.1. The van der Waals surface area contributed by atoms with Gasteiger partial charge in [0.1, 0.15) is 6.61 Å². The van der Waals surface area contributed by atoms with Crippen LogP contribution < -0.4 is 0 Å². The van der Waals surface area contributed by atoms with Crippen molar-refractivity contribution in [3.8, 4) is 0 Å². The lowest BCUT2D eigenvalue weighted by molar-refractivity contribution is -0.145. The molecule has 0 bridgehead atoms. The first kappa shape index (κ1) is 15.9. The van der Waals surface area contributed by atoms with Gasteiger partial charge in [-0.1, -0.05) is 48.5 Å². The predicted molar refractivity (Wildman–Crippen MR) is 68.9 cm³/mol. The standard InChI is InChI=1S/C12H23BrO3/c1-2-3-4-5-6-7-12(14)16-11-10-15-9-8-13/h2-11H2,1H3. The number of unbranched alkanes of at least 4 members (excludes halogenated alkanes) is 4. The highest BCUT2D eigenvalue weighted by molar-refractivity contribution is 9.09. The lowest BCUT2D eigenvalue weighted by Crippen LogP contribution is -2.11. The van der Waals surface area contributed by atoms with Crippen molar-refractivity contribution in [2.24, 2.45) is 0 Å². The molecule has 4 heteroatoms. The van der Waals surface area contributed by atoms with Gasteiger partial charge in [-0.15, -0.1) is 0 Å². The number of hydrogen-bond donors (Lipinski definition) is 0. The molecule has 16 heavy (non-hydrogen) atoms. The quantitative estimate of drug-likeness (QED) is 0.333. The molecule has 0 saturated carbocycles. The third kappa shape index (κ3) is 12.0. The van der Waals surface area contributed by atoms with Crippen LogP contribution in [0.2, 0.25) is 0 Å². The fraction of sp³-hybridized carbons (Fsp3) is 0.917. The van der Waals surface area contributed by atoms with E-state index in [2.05, 4.69) is 22.9 Å². The average Bonchev–Trinajstić information content (AvgIpc) is 2.28.